The molecule has 1 aromatic carbocycles. The van der Waals surface area contributed by atoms with Gasteiger partial charge in [0.2, 0.25) is 0 Å². The first-order chi connectivity index (χ1) is 5.88. The molecule has 0 aromatic heterocycles. The highest BCUT2D eigenvalue weighted by molar-refractivity contribution is 5.39. The first-order valence-electron chi connectivity index (χ1n) is 3.84. The maximum atomic E-state index is 5.33. The minimum Gasteiger partial charge on any atom is -0.493 e. The zero-order chi connectivity index (χ0) is 8.81. The Hall–Kier alpha value is -1.22. The van der Waals surface area contributed by atoms with Crippen molar-refractivity contribution in [3.8, 4) is 11.5 Å². The van der Waals surface area contributed by atoms with E-state index in [1.807, 2.05) is 24.3 Å². The molecule has 0 radical (unpaired) electrons. The molecule has 0 saturated heterocycles. The molecule has 13 heavy (non-hydrogen) atoms. The zero-order valence-electron chi connectivity index (χ0n) is 7.12. The van der Waals surface area contributed by atoms with Crippen LogP contribution in [0.4, 0.5) is 0 Å². The number of ether oxygens (including phenoxy) is 2. The van der Waals surface area contributed by atoms with Crippen LogP contribution in [0.25, 0.3) is 0 Å². The number of hydrogen-bond acceptors (Lipinski definition) is 3. The minimum atomic E-state index is 0. The van der Waals surface area contributed by atoms with E-state index < -0.39 is 0 Å². The molecule has 1 rings (SSSR count). The lowest BCUT2D eigenvalue weighted by molar-refractivity contribution is 0.302. The minimum absolute atomic E-state index is 0. The van der Waals surface area contributed by atoms with Crippen molar-refractivity contribution in [1.29, 1.82) is 0 Å². The van der Waals surface area contributed by atoms with Crippen molar-refractivity contribution in [3.63, 3.8) is 0 Å². The molecule has 74 valence electrons. The molecule has 0 unspecified atom stereocenters. The van der Waals surface area contributed by atoms with Crippen LogP contribution in [0.3, 0.4) is 0 Å². The van der Waals surface area contributed by atoms with Crippen LogP contribution >= 0.6 is 0 Å². The van der Waals surface area contributed by atoms with E-state index >= 15 is 0 Å². The third-order valence-electron chi connectivity index (χ3n) is 1.44. The zero-order valence-corrected chi connectivity index (χ0v) is 7.12. The average Bonchev–Trinajstić information content (AvgIpc) is 2.15. The summed E-state index contributed by atoms with van der Waals surface area (Å²) < 4.78 is 10.4. The smallest absolute Gasteiger partial charge is 0.161 e. The molecule has 0 bridgehead atoms. The lowest BCUT2D eigenvalue weighted by atomic mass is 10.3. The second-order valence-corrected chi connectivity index (χ2v) is 2.29. The average molecular weight is 183 g/mol. The van der Waals surface area contributed by atoms with Gasteiger partial charge in [0.05, 0.1) is 7.11 Å². The van der Waals surface area contributed by atoms with Crippen LogP contribution in [0.1, 0.15) is 7.43 Å². The van der Waals surface area contributed by atoms with Gasteiger partial charge in [0.25, 0.3) is 0 Å². The number of nitrogens with two attached hydrogens (primary N) is 1. The summed E-state index contributed by atoms with van der Waals surface area (Å²) in [5, 5.41) is 0. The first-order valence-corrected chi connectivity index (χ1v) is 3.84. The van der Waals surface area contributed by atoms with Crippen molar-refractivity contribution >= 4 is 0 Å². The lowest BCUT2D eigenvalue weighted by Crippen LogP contribution is -2.10. The summed E-state index contributed by atoms with van der Waals surface area (Å²) in [7, 11) is 1.62. The van der Waals surface area contributed by atoms with E-state index in [0.717, 1.165) is 11.5 Å². The fourth-order valence-corrected chi connectivity index (χ4v) is 0.907. The van der Waals surface area contributed by atoms with Crippen LogP contribution in [0.15, 0.2) is 24.3 Å². The summed E-state index contributed by atoms with van der Waals surface area (Å²) in [6.07, 6.45) is 0. The molecule has 0 aliphatic heterocycles. The monoisotopic (exact) mass is 183 g/mol. The standard InChI is InChI=1S/C9H13NO2.CH4/c1-11-8-4-2-3-5-9(8)12-7-6-10;/h2-5H,6-7,10H2,1H3;1H4. The Morgan fingerprint density at radius 2 is 1.85 bits per heavy atom. The molecule has 0 amide bonds. The van der Waals surface area contributed by atoms with E-state index in [9.17, 15) is 0 Å². The Labute approximate surface area is 79.5 Å². The number of methoxy groups -OCH3 is 1. The van der Waals surface area contributed by atoms with Gasteiger partial charge in [0, 0.05) is 6.54 Å². The van der Waals surface area contributed by atoms with E-state index in [-0.39, 0.29) is 7.43 Å². The largest absolute Gasteiger partial charge is 0.493 e. The molecule has 0 spiro atoms. The highest BCUT2D eigenvalue weighted by Crippen LogP contribution is 2.25. The maximum absolute atomic E-state index is 5.33. The Balaban J connectivity index is 0.00000144. The van der Waals surface area contributed by atoms with E-state index in [0.29, 0.717) is 13.2 Å². The summed E-state index contributed by atoms with van der Waals surface area (Å²) in [4.78, 5) is 0. The molecule has 1 aromatic rings. The van der Waals surface area contributed by atoms with Crippen molar-refractivity contribution in [3.05, 3.63) is 24.3 Å². The number of rotatable bonds is 4. The Kier molecular flexibility index (Phi) is 5.72. The fourth-order valence-electron chi connectivity index (χ4n) is 0.907. The van der Waals surface area contributed by atoms with Crippen molar-refractivity contribution in [2.24, 2.45) is 5.73 Å². The third-order valence-corrected chi connectivity index (χ3v) is 1.44. The van der Waals surface area contributed by atoms with Crippen molar-refractivity contribution in [2.45, 2.75) is 7.43 Å². The Morgan fingerprint density at radius 1 is 1.23 bits per heavy atom. The molecule has 2 N–H and O–H groups in total. The fraction of sp³-hybridized carbons (Fsp3) is 0.400. The van der Waals surface area contributed by atoms with Crippen molar-refractivity contribution < 1.29 is 9.47 Å². The van der Waals surface area contributed by atoms with E-state index in [1.54, 1.807) is 7.11 Å². The molecule has 0 fully saturated rings. The van der Waals surface area contributed by atoms with Crippen LogP contribution < -0.4 is 15.2 Å². The number of benzene rings is 1. The van der Waals surface area contributed by atoms with E-state index in [2.05, 4.69) is 0 Å². The van der Waals surface area contributed by atoms with Gasteiger partial charge in [-0.3, -0.25) is 0 Å². The Bertz CT molecular complexity index is 238. The topological polar surface area (TPSA) is 44.5 Å². The number of hydrogen-bond donors (Lipinski definition) is 1. The predicted octanol–water partition coefficient (Wildman–Crippen LogP) is 1.67. The van der Waals surface area contributed by atoms with Crippen LogP contribution in [0, 0.1) is 0 Å². The summed E-state index contributed by atoms with van der Waals surface area (Å²) in [5.41, 5.74) is 5.30. The highest BCUT2D eigenvalue weighted by Gasteiger charge is 2.00. The summed E-state index contributed by atoms with van der Waals surface area (Å²) in [5.74, 6) is 1.48. The molecule has 3 heteroatoms. The van der Waals surface area contributed by atoms with Gasteiger partial charge >= 0.3 is 0 Å². The molecule has 0 aliphatic carbocycles. The van der Waals surface area contributed by atoms with E-state index in [4.69, 9.17) is 15.2 Å². The first kappa shape index (κ1) is 11.8. The lowest BCUT2D eigenvalue weighted by Gasteiger charge is -2.08. The maximum Gasteiger partial charge on any atom is 0.161 e. The summed E-state index contributed by atoms with van der Waals surface area (Å²) in [6.45, 7) is 1.03. The molecular weight excluding hydrogens is 166 g/mol. The van der Waals surface area contributed by atoms with Crippen molar-refractivity contribution in [1.82, 2.24) is 0 Å². The molecule has 0 atom stereocenters. The second kappa shape index (κ2) is 6.31. The normalized spacial score (nSPS) is 8.77. The molecule has 3 nitrogen and oxygen atoms in total. The van der Waals surface area contributed by atoms with Gasteiger partial charge < -0.3 is 15.2 Å². The summed E-state index contributed by atoms with van der Waals surface area (Å²) >= 11 is 0. The van der Waals surface area contributed by atoms with Crippen molar-refractivity contribution in [2.75, 3.05) is 20.3 Å². The van der Waals surface area contributed by atoms with Crippen LogP contribution in [-0.2, 0) is 0 Å². The van der Waals surface area contributed by atoms with Gasteiger partial charge in [-0.05, 0) is 12.1 Å². The van der Waals surface area contributed by atoms with Gasteiger partial charge in [-0.2, -0.15) is 0 Å². The molecule has 0 heterocycles. The van der Waals surface area contributed by atoms with E-state index in [1.165, 1.54) is 0 Å². The quantitative estimate of drug-likeness (QED) is 0.772. The third kappa shape index (κ3) is 3.34. The van der Waals surface area contributed by atoms with Crippen LogP contribution in [0.2, 0.25) is 0 Å². The molecule has 0 aliphatic rings. The highest BCUT2D eigenvalue weighted by atomic mass is 16.5. The number of para-hydroxylation sites is 2. The summed E-state index contributed by atoms with van der Waals surface area (Å²) in [6, 6.07) is 7.50. The SMILES string of the molecule is C.COc1ccccc1OCCN. The molecular formula is C10H17NO2. The van der Waals surface area contributed by atoms with Gasteiger partial charge in [-0.15, -0.1) is 0 Å². The van der Waals surface area contributed by atoms with Gasteiger partial charge in [0.1, 0.15) is 6.61 Å². The van der Waals surface area contributed by atoms with Crippen LogP contribution in [0.5, 0.6) is 11.5 Å². The second-order valence-electron chi connectivity index (χ2n) is 2.29. The predicted molar refractivity (Wildman–Crippen MR) is 54.3 cm³/mol. The van der Waals surface area contributed by atoms with Crippen LogP contribution in [-0.4, -0.2) is 20.3 Å². The Morgan fingerprint density at radius 3 is 2.38 bits per heavy atom. The molecule has 0 saturated carbocycles. The van der Waals surface area contributed by atoms with Gasteiger partial charge in [-0.1, -0.05) is 19.6 Å². The van der Waals surface area contributed by atoms with Gasteiger partial charge in [0.15, 0.2) is 11.5 Å². The van der Waals surface area contributed by atoms with Gasteiger partial charge in [-0.25, -0.2) is 0 Å².